The minimum absolute atomic E-state index is 1.50. The van der Waals surface area contributed by atoms with E-state index in [2.05, 4.69) is 0 Å². The molecule has 0 atom stereocenters. The van der Waals surface area contributed by atoms with Crippen molar-refractivity contribution in [3.8, 4) is 0 Å². The van der Waals surface area contributed by atoms with Crippen LogP contribution in [0.25, 0.3) is 0 Å². The Morgan fingerprint density at radius 1 is 0.846 bits per heavy atom. The lowest BCUT2D eigenvalue weighted by Crippen LogP contribution is -2.12. The van der Waals surface area contributed by atoms with Gasteiger partial charge in [0.25, 0.3) is 0 Å². The number of rotatable bonds is 1. The molecule has 0 aromatic rings. The molecule has 0 aromatic carbocycles. The predicted molar refractivity (Wildman–Crippen MR) is 39.8 cm³/mol. The van der Waals surface area contributed by atoms with E-state index in [1.807, 2.05) is 0 Å². The largest absolute Gasteiger partial charge is 0.394 e. The molecule has 1 saturated carbocycles. The molecule has 5 heteroatoms. The van der Waals surface area contributed by atoms with Crippen molar-refractivity contribution in [3.05, 3.63) is 0 Å². The first-order valence-electron chi connectivity index (χ1n) is 4.27. The Labute approximate surface area is 74.1 Å². The van der Waals surface area contributed by atoms with Gasteiger partial charge in [-0.3, -0.25) is 0 Å². The van der Waals surface area contributed by atoms with Gasteiger partial charge >= 0.3 is 6.18 Å². The van der Waals surface area contributed by atoms with E-state index < -0.39 is 19.0 Å². The lowest BCUT2D eigenvalue weighted by Gasteiger charge is -2.02. The zero-order valence-corrected chi connectivity index (χ0v) is 7.21. The van der Waals surface area contributed by atoms with Crippen LogP contribution in [0.1, 0.15) is 38.5 Å². The highest BCUT2D eigenvalue weighted by atomic mass is 19.4. The van der Waals surface area contributed by atoms with E-state index in [0.29, 0.717) is 0 Å². The lowest BCUT2D eigenvalue weighted by molar-refractivity contribution is -0.158. The molecular weight excluding hydrogens is 191 g/mol. The number of alkyl halides is 5. The summed E-state index contributed by atoms with van der Waals surface area (Å²) in [5.41, 5.74) is 0. The molecule has 0 saturated heterocycles. The zero-order chi connectivity index (χ0) is 10.3. The van der Waals surface area contributed by atoms with Crippen LogP contribution in [0.3, 0.4) is 0 Å². The average molecular weight is 204 g/mol. The van der Waals surface area contributed by atoms with Crippen LogP contribution < -0.4 is 0 Å². The third kappa shape index (κ3) is 11.7. The maximum atomic E-state index is 10.8. The molecule has 0 aromatic heterocycles. The van der Waals surface area contributed by atoms with Gasteiger partial charge in [0.05, 0.1) is 0 Å². The highest BCUT2D eigenvalue weighted by molar-refractivity contribution is 4.51. The number of hydrogen-bond acceptors (Lipinski definition) is 0. The van der Waals surface area contributed by atoms with Gasteiger partial charge in [0, 0.05) is 0 Å². The summed E-state index contributed by atoms with van der Waals surface area (Å²) >= 11 is 0. The molecule has 1 aliphatic rings. The first kappa shape index (κ1) is 12.7. The van der Waals surface area contributed by atoms with E-state index >= 15 is 0 Å². The molecule has 1 rings (SSSR count). The van der Waals surface area contributed by atoms with Gasteiger partial charge in [0.2, 0.25) is 6.43 Å². The summed E-state index contributed by atoms with van der Waals surface area (Å²) in [4.78, 5) is 0. The number of hydrogen-bond donors (Lipinski definition) is 0. The van der Waals surface area contributed by atoms with Gasteiger partial charge in [-0.05, 0) is 0 Å². The average Bonchev–Trinajstić information content (AvgIpc) is 2.33. The minimum Gasteiger partial charge on any atom is -0.210 e. The molecule has 0 unspecified atom stereocenters. The molecule has 1 fully saturated rings. The number of halogens is 5. The van der Waals surface area contributed by atoms with E-state index in [-0.39, 0.29) is 0 Å². The van der Waals surface area contributed by atoms with Gasteiger partial charge in [0.1, 0.15) is 6.42 Å². The van der Waals surface area contributed by atoms with E-state index in [9.17, 15) is 22.0 Å². The Kier molecular flexibility index (Phi) is 5.99. The molecule has 80 valence electrons. The molecule has 0 heterocycles. The Hall–Kier alpha value is -0.350. The fraction of sp³-hybridized carbons (Fsp3) is 1.00. The standard InChI is InChI=1S/C5H10.C3H3F5/c1-2-4-5-3-1;4-2(5)1-3(6,7)8/h1-5H2;2H,1H2. The smallest absolute Gasteiger partial charge is 0.210 e. The maximum absolute atomic E-state index is 10.8. The summed E-state index contributed by atoms with van der Waals surface area (Å²) in [6.45, 7) is 0. The normalized spacial score (nSPS) is 17.1. The molecular formula is C8H13F5. The Morgan fingerprint density at radius 2 is 1.15 bits per heavy atom. The summed E-state index contributed by atoms with van der Waals surface area (Å²) in [7, 11) is 0. The van der Waals surface area contributed by atoms with Crippen molar-refractivity contribution in [2.75, 3.05) is 0 Å². The lowest BCUT2D eigenvalue weighted by atomic mass is 10.4. The van der Waals surface area contributed by atoms with Gasteiger partial charge < -0.3 is 0 Å². The minimum atomic E-state index is -4.73. The SMILES string of the molecule is C1CCCC1.FC(F)CC(F)(F)F. The van der Waals surface area contributed by atoms with E-state index in [1.165, 1.54) is 32.1 Å². The second-order valence-electron chi connectivity index (χ2n) is 2.98. The molecule has 0 aliphatic heterocycles. The van der Waals surface area contributed by atoms with Crippen LogP contribution in [-0.4, -0.2) is 12.6 Å². The van der Waals surface area contributed by atoms with Crippen molar-refractivity contribution in [3.63, 3.8) is 0 Å². The van der Waals surface area contributed by atoms with Crippen molar-refractivity contribution in [2.24, 2.45) is 0 Å². The van der Waals surface area contributed by atoms with Gasteiger partial charge in [-0.25, -0.2) is 8.78 Å². The fourth-order valence-corrected chi connectivity index (χ4v) is 1.06. The molecule has 1 aliphatic carbocycles. The fourth-order valence-electron chi connectivity index (χ4n) is 1.06. The molecule has 0 nitrogen and oxygen atoms in total. The first-order chi connectivity index (χ1) is 5.92. The Bertz CT molecular complexity index is 107. The van der Waals surface area contributed by atoms with Gasteiger partial charge in [-0.1, -0.05) is 32.1 Å². The third-order valence-electron chi connectivity index (χ3n) is 1.64. The van der Waals surface area contributed by atoms with Crippen LogP contribution in [0.5, 0.6) is 0 Å². The molecule has 0 radical (unpaired) electrons. The van der Waals surface area contributed by atoms with Crippen LogP contribution in [0.2, 0.25) is 0 Å². The molecule has 0 amide bonds. The van der Waals surface area contributed by atoms with Crippen LogP contribution in [0.15, 0.2) is 0 Å². The van der Waals surface area contributed by atoms with Crippen molar-refractivity contribution in [2.45, 2.75) is 51.1 Å². The van der Waals surface area contributed by atoms with Gasteiger partial charge in [0.15, 0.2) is 0 Å². The van der Waals surface area contributed by atoms with Crippen LogP contribution >= 0.6 is 0 Å². The second kappa shape index (κ2) is 6.16. The van der Waals surface area contributed by atoms with E-state index in [0.717, 1.165) is 0 Å². The molecule has 0 bridgehead atoms. The van der Waals surface area contributed by atoms with Crippen LogP contribution in [0, 0.1) is 0 Å². The topological polar surface area (TPSA) is 0 Å². The van der Waals surface area contributed by atoms with E-state index in [1.54, 1.807) is 0 Å². The summed E-state index contributed by atoms with van der Waals surface area (Å²) in [5, 5.41) is 0. The van der Waals surface area contributed by atoms with Crippen LogP contribution in [0.4, 0.5) is 22.0 Å². The molecule has 13 heavy (non-hydrogen) atoms. The van der Waals surface area contributed by atoms with Crippen molar-refractivity contribution < 1.29 is 22.0 Å². The predicted octanol–water partition coefficient (Wildman–Crippen LogP) is 4.15. The first-order valence-corrected chi connectivity index (χ1v) is 4.27. The Morgan fingerprint density at radius 3 is 1.23 bits per heavy atom. The quantitative estimate of drug-likeness (QED) is 0.563. The monoisotopic (exact) mass is 204 g/mol. The zero-order valence-electron chi connectivity index (χ0n) is 7.21. The highest BCUT2D eigenvalue weighted by Crippen LogP contribution is 2.23. The molecule has 0 N–H and O–H groups in total. The maximum Gasteiger partial charge on any atom is 0.394 e. The highest BCUT2D eigenvalue weighted by Gasteiger charge is 2.31. The van der Waals surface area contributed by atoms with Gasteiger partial charge in [-0.2, -0.15) is 13.2 Å². The summed E-state index contributed by atoms with van der Waals surface area (Å²) in [6.07, 6.45) is -2.52. The summed E-state index contributed by atoms with van der Waals surface area (Å²) < 4.78 is 54.1. The van der Waals surface area contributed by atoms with Gasteiger partial charge in [-0.15, -0.1) is 0 Å². The summed E-state index contributed by atoms with van der Waals surface area (Å²) in [6, 6.07) is 0. The van der Waals surface area contributed by atoms with E-state index in [4.69, 9.17) is 0 Å². The van der Waals surface area contributed by atoms with Crippen LogP contribution in [-0.2, 0) is 0 Å². The Balaban J connectivity index is 0.000000243. The molecule has 0 spiro atoms. The summed E-state index contributed by atoms with van der Waals surface area (Å²) in [5.74, 6) is 0. The third-order valence-corrected chi connectivity index (χ3v) is 1.64. The van der Waals surface area contributed by atoms with Crippen molar-refractivity contribution in [1.29, 1.82) is 0 Å². The van der Waals surface area contributed by atoms with Crippen molar-refractivity contribution >= 4 is 0 Å². The second-order valence-corrected chi connectivity index (χ2v) is 2.98. The van der Waals surface area contributed by atoms with Crippen molar-refractivity contribution in [1.82, 2.24) is 0 Å².